The molecule has 0 aliphatic carbocycles. The predicted octanol–water partition coefficient (Wildman–Crippen LogP) is 3.62. The van der Waals surface area contributed by atoms with Gasteiger partial charge < -0.3 is 9.94 Å². The molecule has 0 aliphatic rings. The monoisotopic (exact) mass is 333 g/mol. The summed E-state index contributed by atoms with van der Waals surface area (Å²) in [6.45, 7) is 0. The Bertz CT molecular complexity index is 663. The zero-order chi connectivity index (χ0) is 14.9. The molecule has 0 saturated carbocycles. The highest BCUT2D eigenvalue weighted by atomic mass is 35.5. The van der Waals surface area contributed by atoms with E-state index in [1.54, 1.807) is 19.2 Å². The number of oxime groups is 1. The second-order valence-corrected chi connectivity index (χ2v) is 5.02. The summed E-state index contributed by atoms with van der Waals surface area (Å²) >= 11 is 18.3. The van der Waals surface area contributed by atoms with Gasteiger partial charge in [-0.3, -0.25) is 4.68 Å². The molecule has 0 aliphatic heterocycles. The normalized spacial score (nSPS) is 11.8. The highest BCUT2D eigenvalue weighted by Gasteiger charge is 2.21. The van der Waals surface area contributed by atoms with Gasteiger partial charge in [0.1, 0.15) is 22.2 Å². The zero-order valence-electron chi connectivity index (χ0n) is 10.6. The van der Waals surface area contributed by atoms with E-state index in [-0.39, 0.29) is 15.8 Å². The number of halogens is 3. The van der Waals surface area contributed by atoms with Gasteiger partial charge in [0.05, 0.1) is 23.4 Å². The maximum absolute atomic E-state index is 9.30. The maximum atomic E-state index is 9.30. The van der Waals surface area contributed by atoms with E-state index in [0.29, 0.717) is 22.0 Å². The van der Waals surface area contributed by atoms with Crippen LogP contribution in [0.25, 0.3) is 0 Å². The fourth-order valence-electron chi connectivity index (χ4n) is 1.78. The summed E-state index contributed by atoms with van der Waals surface area (Å²) in [4.78, 5) is 0. The number of hydrogen-bond donors (Lipinski definition) is 1. The molecule has 2 aromatic rings. The van der Waals surface area contributed by atoms with Gasteiger partial charge in [0.15, 0.2) is 0 Å². The van der Waals surface area contributed by atoms with Crippen molar-refractivity contribution in [1.29, 1.82) is 0 Å². The lowest BCUT2D eigenvalue weighted by atomic mass is 10.1. The van der Waals surface area contributed by atoms with Gasteiger partial charge in [-0.15, -0.1) is 0 Å². The van der Waals surface area contributed by atoms with Crippen LogP contribution in [-0.4, -0.2) is 27.8 Å². The predicted molar refractivity (Wildman–Crippen MR) is 78.7 cm³/mol. The molecular weight excluding hydrogens is 325 g/mol. The number of methoxy groups -OCH3 is 1. The van der Waals surface area contributed by atoms with Crippen molar-refractivity contribution in [3.8, 4) is 5.75 Å². The van der Waals surface area contributed by atoms with Crippen LogP contribution in [0.4, 0.5) is 0 Å². The lowest BCUT2D eigenvalue weighted by Gasteiger charge is -2.11. The Morgan fingerprint density at radius 3 is 2.50 bits per heavy atom. The fraction of sp³-hybridized carbons (Fsp3) is 0.167. The first-order valence-corrected chi connectivity index (χ1v) is 6.57. The number of ether oxygens (including phenoxy) is 1. The molecule has 0 saturated heterocycles. The lowest BCUT2D eigenvalue weighted by molar-refractivity contribution is 0.319. The van der Waals surface area contributed by atoms with Crippen LogP contribution in [0.15, 0.2) is 23.5 Å². The van der Waals surface area contributed by atoms with Crippen LogP contribution in [0.2, 0.25) is 15.1 Å². The molecular formula is C12H10Cl3N3O2. The van der Waals surface area contributed by atoms with Crippen LogP contribution in [0.5, 0.6) is 5.75 Å². The molecule has 1 aromatic carbocycles. The van der Waals surface area contributed by atoms with Gasteiger partial charge in [-0.1, -0.05) is 40.0 Å². The largest absolute Gasteiger partial charge is 0.495 e. The molecule has 8 heteroatoms. The van der Waals surface area contributed by atoms with Gasteiger partial charge in [-0.05, 0) is 12.1 Å². The topological polar surface area (TPSA) is 59.6 Å². The third-order valence-corrected chi connectivity index (χ3v) is 3.88. The Kier molecular flexibility index (Phi) is 4.42. The first-order chi connectivity index (χ1) is 9.51. The van der Waals surface area contributed by atoms with Crippen molar-refractivity contribution in [2.75, 3.05) is 7.11 Å². The van der Waals surface area contributed by atoms with E-state index in [4.69, 9.17) is 39.5 Å². The Morgan fingerprint density at radius 1 is 1.30 bits per heavy atom. The number of nitrogens with zero attached hydrogens (tertiary/aromatic N) is 3. The summed E-state index contributed by atoms with van der Waals surface area (Å²) in [7, 11) is 3.15. The SMILES string of the molecule is COc1ccc(/C(=N\O)c2c(Cl)cnn2C)c(Cl)c1Cl. The summed E-state index contributed by atoms with van der Waals surface area (Å²) in [6, 6.07) is 3.25. The van der Waals surface area contributed by atoms with Gasteiger partial charge in [-0.2, -0.15) is 5.10 Å². The molecule has 5 nitrogen and oxygen atoms in total. The van der Waals surface area contributed by atoms with E-state index in [1.807, 2.05) is 0 Å². The molecule has 2 rings (SSSR count). The van der Waals surface area contributed by atoms with Crippen LogP contribution in [0.3, 0.4) is 0 Å². The molecule has 1 aromatic heterocycles. The second kappa shape index (κ2) is 5.91. The first kappa shape index (κ1) is 15.0. The van der Waals surface area contributed by atoms with Crippen molar-refractivity contribution >= 4 is 40.5 Å². The van der Waals surface area contributed by atoms with Crippen molar-refractivity contribution < 1.29 is 9.94 Å². The van der Waals surface area contributed by atoms with Crippen LogP contribution in [-0.2, 0) is 7.05 Å². The molecule has 0 bridgehead atoms. The van der Waals surface area contributed by atoms with E-state index in [1.165, 1.54) is 18.0 Å². The Morgan fingerprint density at radius 2 is 2.00 bits per heavy atom. The van der Waals surface area contributed by atoms with E-state index in [0.717, 1.165) is 0 Å². The molecule has 20 heavy (non-hydrogen) atoms. The Hall–Kier alpha value is -1.43. The highest BCUT2D eigenvalue weighted by molar-refractivity contribution is 6.46. The zero-order valence-corrected chi connectivity index (χ0v) is 12.8. The van der Waals surface area contributed by atoms with E-state index in [2.05, 4.69) is 10.3 Å². The number of hydrogen-bond acceptors (Lipinski definition) is 4. The summed E-state index contributed by atoms with van der Waals surface area (Å²) in [5.74, 6) is 0.425. The van der Waals surface area contributed by atoms with Gasteiger partial charge in [0.2, 0.25) is 0 Å². The van der Waals surface area contributed by atoms with E-state index in [9.17, 15) is 5.21 Å². The van der Waals surface area contributed by atoms with Gasteiger partial charge >= 0.3 is 0 Å². The highest BCUT2D eigenvalue weighted by Crippen LogP contribution is 2.36. The van der Waals surface area contributed by atoms with Gasteiger partial charge in [0, 0.05) is 12.6 Å². The van der Waals surface area contributed by atoms with Gasteiger partial charge in [0.25, 0.3) is 0 Å². The van der Waals surface area contributed by atoms with Crippen molar-refractivity contribution in [3.05, 3.63) is 44.7 Å². The van der Waals surface area contributed by atoms with Crippen LogP contribution >= 0.6 is 34.8 Å². The smallest absolute Gasteiger partial charge is 0.139 e. The Balaban J connectivity index is 2.63. The summed E-state index contributed by atoms with van der Waals surface area (Å²) in [5, 5.41) is 17.3. The van der Waals surface area contributed by atoms with E-state index >= 15 is 0 Å². The summed E-state index contributed by atoms with van der Waals surface area (Å²) < 4.78 is 6.55. The minimum atomic E-state index is 0.171. The summed E-state index contributed by atoms with van der Waals surface area (Å²) in [5.41, 5.74) is 1.02. The minimum Gasteiger partial charge on any atom is -0.495 e. The van der Waals surface area contributed by atoms with Crippen molar-refractivity contribution in [2.24, 2.45) is 12.2 Å². The molecule has 0 fully saturated rings. The van der Waals surface area contributed by atoms with Crippen LogP contribution in [0.1, 0.15) is 11.3 Å². The molecule has 0 unspecified atom stereocenters. The standard InChI is InChI=1S/C12H10Cl3N3O2/c1-18-12(7(13)5-16-18)11(17-19)6-3-4-8(20-2)10(15)9(6)14/h3-5,19H,1-2H3/b17-11+. The molecule has 0 amide bonds. The molecule has 106 valence electrons. The average molecular weight is 335 g/mol. The van der Waals surface area contributed by atoms with Crippen molar-refractivity contribution in [1.82, 2.24) is 9.78 Å². The second-order valence-electron chi connectivity index (χ2n) is 3.86. The van der Waals surface area contributed by atoms with Crippen molar-refractivity contribution in [3.63, 3.8) is 0 Å². The first-order valence-electron chi connectivity index (χ1n) is 5.43. The number of rotatable bonds is 3. The number of aryl methyl sites for hydroxylation is 1. The molecule has 0 radical (unpaired) electrons. The maximum Gasteiger partial charge on any atom is 0.139 e. The third-order valence-electron chi connectivity index (χ3n) is 2.74. The van der Waals surface area contributed by atoms with Crippen LogP contribution in [0, 0.1) is 0 Å². The van der Waals surface area contributed by atoms with Crippen LogP contribution < -0.4 is 4.74 Å². The Labute approximate surface area is 130 Å². The number of aromatic nitrogens is 2. The molecule has 1 N–H and O–H groups in total. The van der Waals surface area contributed by atoms with Gasteiger partial charge in [-0.25, -0.2) is 0 Å². The molecule has 1 heterocycles. The fourth-order valence-corrected chi connectivity index (χ4v) is 2.52. The average Bonchev–Trinajstić information content (AvgIpc) is 2.76. The lowest BCUT2D eigenvalue weighted by Crippen LogP contribution is -2.11. The number of benzene rings is 1. The third kappa shape index (κ3) is 2.44. The quantitative estimate of drug-likeness (QED) is 0.530. The summed E-state index contributed by atoms with van der Waals surface area (Å²) in [6.07, 6.45) is 1.45. The van der Waals surface area contributed by atoms with Crippen molar-refractivity contribution in [2.45, 2.75) is 0 Å². The van der Waals surface area contributed by atoms with E-state index < -0.39 is 0 Å². The molecule has 0 atom stereocenters. The molecule has 0 spiro atoms. The minimum absolute atomic E-state index is 0.171.